The van der Waals surface area contributed by atoms with Crippen molar-refractivity contribution in [2.45, 2.75) is 13.3 Å². The highest BCUT2D eigenvalue weighted by Gasteiger charge is 2.18. The van der Waals surface area contributed by atoms with E-state index in [0.29, 0.717) is 12.1 Å². The number of hydrogen-bond donors (Lipinski definition) is 1. The number of esters is 1. The van der Waals surface area contributed by atoms with Crippen molar-refractivity contribution in [1.29, 1.82) is 0 Å². The number of carbonyl (C=O) groups is 2. The predicted molar refractivity (Wildman–Crippen MR) is 86.3 cm³/mol. The van der Waals surface area contributed by atoms with Gasteiger partial charge in [0.15, 0.2) is 11.5 Å². The lowest BCUT2D eigenvalue weighted by Crippen LogP contribution is -2.21. The zero-order valence-corrected chi connectivity index (χ0v) is 13.9. The lowest BCUT2D eigenvalue weighted by atomic mass is 10.3. The lowest BCUT2D eigenvalue weighted by molar-refractivity contribution is -0.384. The number of hydrogen-bond acceptors (Lipinski definition) is 8. The minimum absolute atomic E-state index is 0.0470. The summed E-state index contributed by atoms with van der Waals surface area (Å²) in [4.78, 5) is 34.0. The number of rotatable bonds is 6. The van der Waals surface area contributed by atoms with E-state index in [1.807, 2.05) is 6.92 Å². The van der Waals surface area contributed by atoms with Gasteiger partial charge in [0, 0.05) is 11.8 Å². The van der Waals surface area contributed by atoms with Crippen molar-refractivity contribution in [3.8, 4) is 0 Å². The van der Waals surface area contributed by atoms with E-state index in [9.17, 15) is 19.7 Å². The van der Waals surface area contributed by atoms with Crippen LogP contribution in [0.1, 0.15) is 22.3 Å². The monoisotopic (exact) mass is 370 g/mol. The Morgan fingerprint density at radius 1 is 1.46 bits per heavy atom. The Labute approximate surface area is 144 Å². The number of amides is 1. The molecular formula is C13H11ClN4O5S. The van der Waals surface area contributed by atoms with Gasteiger partial charge in [0.2, 0.25) is 0 Å². The van der Waals surface area contributed by atoms with E-state index in [-0.39, 0.29) is 21.3 Å². The number of aryl methyl sites for hydroxylation is 1. The highest BCUT2D eigenvalue weighted by atomic mass is 35.5. The average molecular weight is 371 g/mol. The van der Waals surface area contributed by atoms with Gasteiger partial charge in [-0.05, 0) is 30.1 Å². The predicted octanol–water partition coefficient (Wildman–Crippen LogP) is 2.46. The average Bonchev–Trinajstić information content (AvgIpc) is 3.03. The molecule has 9 nitrogen and oxygen atoms in total. The van der Waals surface area contributed by atoms with Crippen molar-refractivity contribution < 1.29 is 19.2 Å². The third kappa shape index (κ3) is 4.24. The summed E-state index contributed by atoms with van der Waals surface area (Å²) in [5.41, 5.74) is 0.328. The van der Waals surface area contributed by atoms with E-state index < -0.39 is 23.4 Å². The van der Waals surface area contributed by atoms with Crippen LogP contribution >= 0.6 is 23.1 Å². The molecule has 1 N–H and O–H groups in total. The van der Waals surface area contributed by atoms with Crippen LogP contribution in [-0.4, -0.2) is 33.0 Å². The number of ether oxygens (including phenoxy) is 1. The fourth-order valence-electron chi connectivity index (χ4n) is 1.72. The van der Waals surface area contributed by atoms with Crippen molar-refractivity contribution in [3.05, 3.63) is 43.9 Å². The molecular weight excluding hydrogens is 360 g/mol. The SMILES string of the molecule is CCc1nnsc1C(=O)OCC(=O)Nc1ccc(Cl)c([N+](=O)[O-])c1. The fraction of sp³-hybridized carbons (Fsp3) is 0.231. The molecule has 1 aromatic carbocycles. The van der Waals surface area contributed by atoms with Crippen LogP contribution in [0, 0.1) is 10.1 Å². The Balaban J connectivity index is 1.95. The van der Waals surface area contributed by atoms with Gasteiger partial charge in [-0.2, -0.15) is 0 Å². The van der Waals surface area contributed by atoms with Crippen molar-refractivity contribution in [1.82, 2.24) is 9.59 Å². The lowest BCUT2D eigenvalue weighted by Gasteiger charge is -2.06. The minimum Gasteiger partial charge on any atom is -0.451 e. The number of anilines is 1. The molecule has 0 unspecified atom stereocenters. The van der Waals surface area contributed by atoms with E-state index in [0.717, 1.165) is 17.6 Å². The molecule has 1 heterocycles. The molecule has 126 valence electrons. The molecule has 0 radical (unpaired) electrons. The van der Waals surface area contributed by atoms with Gasteiger partial charge in [-0.1, -0.05) is 23.0 Å². The van der Waals surface area contributed by atoms with Crippen LogP contribution in [-0.2, 0) is 16.0 Å². The number of nitrogens with zero attached hydrogens (tertiary/aromatic N) is 3. The zero-order valence-electron chi connectivity index (χ0n) is 12.3. The number of halogens is 1. The molecule has 0 aliphatic rings. The zero-order chi connectivity index (χ0) is 17.7. The first-order chi connectivity index (χ1) is 11.4. The van der Waals surface area contributed by atoms with Gasteiger partial charge in [0.1, 0.15) is 5.02 Å². The molecule has 24 heavy (non-hydrogen) atoms. The second-order valence-corrected chi connectivity index (χ2v) is 5.61. The first-order valence-electron chi connectivity index (χ1n) is 6.64. The third-order valence-corrected chi connectivity index (χ3v) is 3.90. The molecule has 0 fully saturated rings. The van der Waals surface area contributed by atoms with Gasteiger partial charge in [0.25, 0.3) is 11.6 Å². The van der Waals surface area contributed by atoms with E-state index in [1.165, 1.54) is 12.1 Å². The van der Waals surface area contributed by atoms with Crippen LogP contribution in [0.5, 0.6) is 0 Å². The first kappa shape index (κ1) is 17.8. The summed E-state index contributed by atoms with van der Waals surface area (Å²) >= 11 is 6.57. The second kappa shape index (κ2) is 7.79. The van der Waals surface area contributed by atoms with E-state index in [1.54, 1.807) is 0 Å². The largest absolute Gasteiger partial charge is 0.451 e. The van der Waals surface area contributed by atoms with Crippen molar-refractivity contribution >= 4 is 46.4 Å². The van der Waals surface area contributed by atoms with Gasteiger partial charge < -0.3 is 10.1 Å². The van der Waals surface area contributed by atoms with Crippen molar-refractivity contribution in [2.75, 3.05) is 11.9 Å². The van der Waals surface area contributed by atoms with Crippen molar-refractivity contribution in [3.63, 3.8) is 0 Å². The van der Waals surface area contributed by atoms with Crippen LogP contribution in [0.15, 0.2) is 18.2 Å². The number of benzene rings is 1. The molecule has 0 saturated heterocycles. The van der Waals surface area contributed by atoms with Gasteiger partial charge in [0.05, 0.1) is 10.6 Å². The van der Waals surface area contributed by atoms with E-state index in [2.05, 4.69) is 14.9 Å². The topological polar surface area (TPSA) is 124 Å². The molecule has 0 atom stereocenters. The summed E-state index contributed by atoms with van der Waals surface area (Å²) < 4.78 is 8.54. The summed E-state index contributed by atoms with van der Waals surface area (Å²) in [7, 11) is 0. The second-order valence-electron chi connectivity index (χ2n) is 4.45. The number of carbonyl (C=O) groups excluding carboxylic acids is 2. The molecule has 2 rings (SSSR count). The maximum atomic E-state index is 11.9. The summed E-state index contributed by atoms with van der Waals surface area (Å²) in [6, 6.07) is 3.81. The Bertz CT molecular complexity index is 794. The maximum absolute atomic E-state index is 11.9. The smallest absolute Gasteiger partial charge is 0.352 e. The Kier molecular flexibility index (Phi) is 5.77. The number of nitro benzene ring substituents is 1. The van der Waals surface area contributed by atoms with Crippen LogP contribution in [0.25, 0.3) is 0 Å². The normalized spacial score (nSPS) is 10.2. The molecule has 2 aromatic rings. The summed E-state index contributed by atoms with van der Waals surface area (Å²) in [6.45, 7) is 1.27. The Morgan fingerprint density at radius 3 is 2.88 bits per heavy atom. The number of aromatic nitrogens is 2. The van der Waals surface area contributed by atoms with Crippen molar-refractivity contribution in [2.24, 2.45) is 0 Å². The quantitative estimate of drug-likeness (QED) is 0.470. The molecule has 0 aliphatic carbocycles. The maximum Gasteiger partial charge on any atom is 0.352 e. The van der Waals surface area contributed by atoms with E-state index >= 15 is 0 Å². The molecule has 0 bridgehead atoms. The van der Waals surface area contributed by atoms with Gasteiger partial charge >= 0.3 is 5.97 Å². The van der Waals surface area contributed by atoms with E-state index in [4.69, 9.17) is 16.3 Å². The summed E-state index contributed by atoms with van der Waals surface area (Å²) in [5.74, 6) is -1.34. The Morgan fingerprint density at radius 2 is 2.21 bits per heavy atom. The van der Waals surface area contributed by atoms with Gasteiger partial charge in [-0.25, -0.2) is 4.79 Å². The highest BCUT2D eigenvalue weighted by molar-refractivity contribution is 7.07. The molecule has 11 heteroatoms. The molecule has 0 aliphatic heterocycles. The van der Waals surface area contributed by atoms with Crippen LogP contribution < -0.4 is 5.32 Å². The van der Waals surface area contributed by atoms with Crippen LogP contribution in [0.2, 0.25) is 5.02 Å². The fourth-order valence-corrected chi connectivity index (χ4v) is 2.55. The minimum atomic E-state index is -0.695. The first-order valence-corrected chi connectivity index (χ1v) is 7.79. The van der Waals surface area contributed by atoms with Crippen LogP contribution in [0.3, 0.4) is 0 Å². The highest BCUT2D eigenvalue weighted by Crippen LogP contribution is 2.27. The Hall–Kier alpha value is -2.59. The number of nitrogens with one attached hydrogen (secondary N) is 1. The summed E-state index contributed by atoms with van der Waals surface area (Å²) in [6.07, 6.45) is 0.515. The standard InChI is InChI=1S/C13H11ClN4O5S/c1-2-9-12(24-17-16-9)13(20)23-6-11(19)15-7-3-4-8(14)10(5-7)18(21)22/h3-5H,2,6H2,1H3,(H,15,19). The third-order valence-electron chi connectivity index (χ3n) is 2.84. The van der Waals surface area contributed by atoms with Gasteiger partial charge in [-0.15, -0.1) is 5.10 Å². The van der Waals surface area contributed by atoms with Crippen LogP contribution in [0.4, 0.5) is 11.4 Å². The molecule has 0 spiro atoms. The molecule has 1 amide bonds. The number of nitro groups is 1. The summed E-state index contributed by atoms with van der Waals surface area (Å²) in [5, 5.41) is 16.9. The molecule has 1 aromatic heterocycles. The molecule has 0 saturated carbocycles. The van der Waals surface area contributed by atoms with Gasteiger partial charge in [-0.3, -0.25) is 14.9 Å².